The first-order valence-corrected chi connectivity index (χ1v) is 22.7. The summed E-state index contributed by atoms with van der Waals surface area (Å²) in [5, 5.41) is 32.7. The largest absolute Gasteiger partial charge is 0.501 e. The zero-order valence-electron chi connectivity index (χ0n) is 37.9. The summed E-state index contributed by atoms with van der Waals surface area (Å²) < 4.78 is 2.72. The predicted octanol–water partition coefficient (Wildman–Crippen LogP) is 4.86. The molecule has 2 unspecified atom stereocenters. The first-order valence-electron chi connectivity index (χ1n) is 22.7. The van der Waals surface area contributed by atoms with E-state index in [1.54, 1.807) is 43.3 Å². The smallest absolute Gasteiger partial charge is 0.303 e. The van der Waals surface area contributed by atoms with Crippen molar-refractivity contribution in [3.05, 3.63) is 103 Å². The number of carboxylic acid groups (broad SMARTS) is 1. The molecule has 7 rings (SSSR count). The van der Waals surface area contributed by atoms with Crippen LogP contribution in [0, 0.1) is 0 Å². The van der Waals surface area contributed by atoms with E-state index >= 15 is 0 Å². The number of carbonyl (C=O) groups is 6. The molecule has 0 saturated heterocycles. The number of ketones is 2. The van der Waals surface area contributed by atoms with Crippen LogP contribution in [-0.4, -0.2) is 93.6 Å². The summed E-state index contributed by atoms with van der Waals surface area (Å²) in [7, 11) is 3.24. The molecule has 3 aliphatic heterocycles. The molecule has 2 atom stereocenters. The van der Waals surface area contributed by atoms with E-state index in [2.05, 4.69) is 15.3 Å². The van der Waals surface area contributed by atoms with E-state index in [1.165, 1.54) is 14.0 Å². The van der Waals surface area contributed by atoms with Crippen LogP contribution in [0.1, 0.15) is 146 Å². The van der Waals surface area contributed by atoms with Crippen LogP contribution in [0.25, 0.3) is 0 Å². The van der Waals surface area contributed by atoms with Gasteiger partial charge in [-0.15, -0.1) is 0 Å². The number of amides is 3. The number of anilines is 2. The van der Waals surface area contributed by atoms with Gasteiger partial charge in [0.2, 0.25) is 29.2 Å². The maximum Gasteiger partial charge on any atom is 0.303 e. The topological polar surface area (TPSA) is 277 Å². The Kier molecular flexibility index (Phi) is 16.4. The zero-order chi connectivity index (χ0) is 48.4. The van der Waals surface area contributed by atoms with E-state index in [0.29, 0.717) is 75.2 Å². The van der Waals surface area contributed by atoms with Crippen molar-refractivity contribution in [2.24, 2.45) is 0 Å². The molecular weight excluding hydrogens is 865 g/mol. The minimum absolute atomic E-state index is 0.00624. The van der Waals surface area contributed by atoms with Crippen LogP contribution >= 0.6 is 0 Å². The third-order valence-electron chi connectivity index (χ3n) is 12.6. The molecule has 67 heavy (non-hydrogen) atoms. The first-order chi connectivity index (χ1) is 32.1. The van der Waals surface area contributed by atoms with Crippen LogP contribution < -0.4 is 22.2 Å². The highest BCUT2D eigenvalue weighted by atomic mass is 16.4. The normalized spacial score (nSPS) is 17.6. The van der Waals surface area contributed by atoms with Crippen LogP contribution in [0.5, 0.6) is 11.5 Å². The molecule has 5 heterocycles. The Morgan fingerprint density at radius 3 is 2.18 bits per heavy atom. The first kappa shape index (κ1) is 49.3. The summed E-state index contributed by atoms with van der Waals surface area (Å²) in [5.41, 5.74) is 6.74. The Balaban J connectivity index is 0.000000221. The second-order valence-electron chi connectivity index (χ2n) is 17.1. The Bertz CT molecular complexity index is 2660. The number of hydrogen-bond donors (Lipinski definition) is 5. The van der Waals surface area contributed by atoms with Gasteiger partial charge in [0.05, 0.1) is 12.1 Å². The second-order valence-corrected chi connectivity index (χ2v) is 17.1. The van der Waals surface area contributed by atoms with E-state index in [-0.39, 0.29) is 79.9 Å². The van der Waals surface area contributed by atoms with Gasteiger partial charge in [-0.05, 0) is 87.5 Å². The molecule has 0 aliphatic carbocycles. The number of para-hydroxylation sites is 2. The summed E-state index contributed by atoms with van der Waals surface area (Å²) >= 11 is 0. The molecule has 3 aliphatic rings. The number of nitrogen functional groups attached to an aromatic ring is 1. The number of hydrogen-bond acceptors (Lipinski definition) is 13. The summed E-state index contributed by atoms with van der Waals surface area (Å²) in [6.07, 6.45) is 5.55. The second kappa shape index (κ2) is 22.3. The molecule has 19 heteroatoms. The van der Waals surface area contributed by atoms with Crippen LogP contribution in [0.3, 0.4) is 0 Å². The van der Waals surface area contributed by atoms with Crippen molar-refractivity contribution in [2.45, 2.75) is 128 Å². The minimum Gasteiger partial charge on any atom is -0.501 e. The Morgan fingerprint density at radius 2 is 1.45 bits per heavy atom. The summed E-state index contributed by atoms with van der Waals surface area (Å²) in [5.74, 6) is -3.29. The van der Waals surface area contributed by atoms with E-state index in [9.17, 15) is 48.6 Å². The molecule has 3 amide bonds. The number of carboxylic acids is 1. The minimum atomic E-state index is -0.973. The van der Waals surface area contributed by atoms with Crippen LogP contribution in [-0.2, 0) is 45.1 Å². The molecule has 2 aromatic heterocycles. The summed E-state index contributed by atoms with van der Waals surface area (Å²) in [4.78, 5) is 113. The van der Waals surface area contributed by atoms with Crippen molar-refractivity contribution in [1.29, 1.82) is 0 Å². The van der Waals surface area contributed by atoms with Crippen molar-refractivity contribution in [3.8, 4) is 11.5 Å². The van der Waals surface area contributed by atoms with Gasteiger partial charge >= 0.3 is 5.97 Å². The van der Waals surface area contributed by atoms with E-state index in [4.69, 9.17) is 10.8 Å². The number of benzene rings is 2. The van der Waals surface area contributed by atoms with E-state index in [0.717, 1.165) is 24.0 Å². The van der Waals surface area contributed by atoms with Crippen molar-refractivity contribution in [3.63, 3.8) is 0 Å². The van der Waals surface area contributed by atoms with Gasteiger partial charge in [-0.1, -0.05) is 36.4 Å². The highest BCUT2D eigenvalue weighted by Crippen LogP contribution is 2.32. The number of aromatic hydroxyl groups is 2. The third-order valence-corrected chi connectivity index (χ3v) is 12.6. The number of Topliss-reactive ketones (excluding diaryl/α,β-unsaturated/α-hetero) is 2. The number of nitrogens with one attached hydrogen (secondary N) is 1. The van der Waals surface area contributed by atoms with Crippen molar-refractivity contribution < 1.29 is 44.1 Å². The van der Waals surface area contributed by atoms with Gasteiger partial charge in [-0.3, -0.25) is 47.5 Å². The average Bonchev–Trinajstić information content (AvgIpc) is 3.66. The Labute approximate surface area is 386 Å². The lowest BCUT2D eigenvalue weighted by atomic mass is 10.0. The van der Waals surface area contributed by atoms with Crippen molar-refractivity contribution >= 4 is 46.6 Å². The van der Waals surface area contributed by atoms with Gasteiger partial charge in [-0.2, -0.15) is 0 Å². The predicted molar refractivity (Wildman–Crippen MR) is 246 cm³/mol. The number of nitrogens with zero attached hydrogens (tertiary/aromatic N) is 6. The van der Waals surface area contributed by atoms with Crippen LogP contribution in [0.15, 0.2) is 58.1 Å². The quantitative estimate of drug-likeness (QED) is 0.111. The number of nitrogens with two attached hydrogens (primary N) is 1. The lowest BCUT2D eigenvalue weighted by Gasteiger charge is -2.28. The van der Waals surface area contributed by atoms with E-state index < -0.39 is 52.2 Å². The third kappa shape index (κ3) is 11.8. The van der Waals surface area contributed by atoms with Crippen molar-refractivity contribution in [2.75, 3.05) is 25.1 Å². The van der Waals surface area contributed by atoms with Crippen molar-refractivity contribution in [1.82, 2.24) is 28.9 Å². The zero-order valence-corrected chi connectivity index (χ0v) is 37.9. The average molecular weight is 923 g/mol. The fourth-order valence-corrected chi connectivity index (χ4v) is 8.72. The Hall–Kier alpha value is -7.18. The number of aliphatic carboxylic acids is 1. The van der Waals surface area contributed by atoms with Gasteiger partial charge in [-0.25, -0.2) is 9.97 Å². The van der Waals surface area contributed by atoms with Gasteiger partial charge in [0.15, 0.2) is 23.0 Å². The molecular formula is C48H58N8O11. The maximum absolute atomic E-state index is 13.0. The molecule has 0 radical (unpaired) electrons. The van der Waals surface area contributed by atoms with Gasteiger partial charge < -0.3 is 36.2 Å². The fourth-order valence-electron chi connectivity index (χ4n) is 8.72. The number of rotatable bonds is 9. The standard InChI is InChI=1S/C24H30N4O6.C24H28N4O5/c1-27(19(30)10-6-11-20(31)32)17-9-4-5-14-28-23(17)26-21(22(33)24(28)34)18(29)13-12-15-7-2-3-8-16(15)25;1-27-17-9-4-5-14-28-23(17)26-21(22(32)24(28)33)18(29)13-12-15-7-2-3-8-16(15)25-19(30)10-6-11-20(27)31/h2-3,7-8,17,33H,4-6,9-14,25H2,1H3,(H,31,32);2-3,7-8,17,32H,4-6,9-14H2,1H3,(H,25,30). The number of aromatic nitrogens is 4. The van der Waals surface area contributed by atoms with Crippen LogP contribution in [0.2, 0.25) is 0 Å². The molecule has 19 nitrogen and oxygen atoms in total. The van der Waals surface area contributed by atoms with Gasteiger partial charge in [0.25, 0.3) is 11.1 Å². The van der Waals surface area contributed by atoms with Gasteiger partial charge in [0, 0.05) is 77.1 Å². The maximum atomic E-state index is 13.0. The summed E-state index contributed by atoms with van der Waals surface area (Å²) in [6, 6.07) is 13.3. The lowest BCUT2D eigenvalue weighted by molar-refractivity contribution is -0.137. The SMILES string of the molecule is CN(C(=O)CCCC(=O)O)C1CCCCn2c1nc(C(=O)CCc1ccccc1N)c(O)c2=O.CN1C(=O)CCCC(=O)Nc2ccccc2CCC(=O)c2nc3n(c(=O)c2O)CCCCC31. The molecule has 0 saturated carbocycles. The number of aryl methyl sites for hydroxylation is 2. The molecule has 0 fully saturated rings. The lowest BCUT2D eigenvalue weighted by Crippen LogP contribution is -2.36. The molecule has 4 aromatic rings. The van der Waals surface area contributed by atoms with E-state index in [1.807, 2.05) is 24.3 Å². The van der Waals surface area contributed by atoms with Gasteiger partial charge in [0.1, 0.15) is 11.6 Å². The fraction of sp³-hybridized carbons (Fsp3) is 0.458. The summed E-state index contributed by atoms with van der Waals surface area (Å²) in [6.45, 7) is 0.691. The van der Waals surface area contributed by atoms with Crippen LogP contribution in [0.4, 0.5) is 11.4 Å². The molecule has 356 valence electrons. The number of carbonyl (C=O) groups excluding carboxylic acids is 5. The highest BCUT2D eigenvalue weighted by molar-refractivity contribution is 5.97. The number of fused-ring (bicyclic) bond motifs is 3. The molecule has 6 N–H and O–H groups in total. The monoisotopic (exact) mass is 922 g/mol. The highest BCUT2D eigenvalue weighted by Gasteiger charge is 2.33. The molecule has 2 aromatic carbocycles. The molecule has 2 bridgehead atoms. The Morgan fingerprint density at radius 1 is 0.776 bits per heavy atom. The molecule has 0 spiro atoms.